The van der Waals surface area contributed by atoms with E-state index in [9.17, 15) is 18.0 Å². The largest absolute Gasteiger partial charge is 0.422 e. The SMILES string of the molecule is O=C(Oc1cccc2c1=CNCC=2)c1ccc(C(F)(F)F)cc1. The van der Waals surface area contributed by atoms with Crippen LogP contribution in [0.15, 0.2) is 42.5 Å². The lowest BCUT2D eigenvalue weighted by Crippen LogP contribution is -2.34. The lowest BCUT2D eigenvalue weighted by atomic mass is 10.1. The van der Waals surface area contributed by atoms with E-state index in [4.69, 9.17) is 4.74 Å². The zero-order valence-electron chi connectivity index (χ0n) is 11.9. The topological polar surface area (TPSA) is 38.3 Å². The molecule has 0 spiro atoms. The molecule has 1 aliphatic rings. The maximum atomic E-state index is 12.5. The molecular weight excluding hydrogens is 307 g/mol. The van der Waals surface area contributed by atoms with E-state index in [1.807, 2.05) is 12.1 Å². The number of fused-ring (bicyclic) bond motifs is 1. The average molecular weight is 319 g/mol. The number of halogens is 3. The molecule has 0 amide bonds. The number of carbonyl (C=O) groups excluding carboxylic acids is 1. The van der Waals surface area contributed by atoms with Gasteiger partial charge in [0.05, 0.1) is 11.1 Å². The van der Waals surface area contributed by atoms with Crippen molar-refractivity contribution in [3.05, 3.63) is 64.0 Å². The van der Waals surface area contributed by atoms with Gasteiger partial charge in [-0.05, 0) is 35.6 Å². The summed E-state index contributed by atoms with van der Waals surface area (Å²) in [6.07, 6.45) is -0.743. The monoisotopic (exact) mass is 319 g/mol. The summed E-state index contributed by atoms with van der Waals surface area (Å²) in [4.78, 5) is 12.1. The molecule has 118 valence electrons. The molecule has 0 atom stereocenters. The molecule has 0 radical (unpaired) electrons. The molecule has 3 nitrogen and oxygen atoms in total. The molecule has 1 N–H and O–H groups in total. The minimum atomic E-state index is -4.43. The van der Waals surface area contributed by atoms with Crippen LogP contribution in [-0.2, 0) is 6.18 Å². The quantitative estimate of drug-likeness (QED) is 0.680. The van der Waals surface area contributed by atoms with E-state index in [1.165, 1.54) is 0 Å². The highest BCUT2D eigenvalue weighted by Crippen LogP contribution is 2.29. The molecule has 1 aliphatic heterocycles. The molecule has 0 saturated carbocycles. The number of rotatable bonds is 2. The number of nitrogens with one attached hydrogen (secondary N) is 1. The van der Waals surface area contributed by atoms with Crippen molar-refractivity contribution in [3.63, 3.8) is 0 Å². The molecular formula is C17H12F3NO2. The second kappa shape index (κ2) is 5.79. The Morgan fingerprint density at radius 3 is 2.52 bits per heavy atom. The van der Waals surface area contributed by atoms with Gasteiger partial charge < -0.3 is 10.1 Å². The second-order valence-corrected chi connectivity index (χ2v) is 4.98. The number of esters is 1. The third-order valence-electron chi connectivity index (χ3n) is 3.44. The van der Waals surface area contributed by atoms with Gasteiger partial charge >= 0.3 is 12.1 Å². The van der Waals surface area contributed by atoms with E-state index in [1.54, 1.807) is 18.3 Å². The van der Waals surface area contributed by atoms with Crippen molar-refractivity contribution in [3.8, 4) is 5.75 Å². The van der Waals surface area contributed by atoms with E-state index in [0.29, 0.717) is 12.3 Å². The summed E-state index contributed by atoms with van der Waals surface area (Å²) < 4.78 is 42.9. The van der Waals surface area contributed by atoms with Gasteiger partial charge in [-0.2, -0.15) is 13.2 Å². The Bertz CT molecular complexity index is 855. The third-order valence-corrected chi connectivity index (χ3v) is 3.44. The number of carbonyl (C=O) groups is 1. The minimum absolute atomic E-state index is 0.0587. The lowest BCUT2D eigenvalue weighted by Gasteiger charge is -2.10. The standard InChI is InChI=1S/C17H12F3NO2/c18-17(19,20)13-6-4-12(5-7-13)16(22)23-15-3-1-2-11-8-9-21-10-14(11)15/h1-8,10,21H,9H2. The van der Waals surface area contributed by atoms with Crippen LogP contribution in [0.1, 0.15) is 15.9 Å². The number of benzene rings is 2. The second-order valence-electron chi connectivity index (χ2n) is 4.98. The van der Waals surface area contributed by atoms with Gasteiger partial charge in [0.15, 0.2) is 0 Å². The number of hydrogen-bond acceptors (Lipinski definition) is 3. The lowest BCUT2D eigenvalue weighted by molar-refractivity contribution is -0.137. The van der Waals surface area contributed by atoms with Gasteiger partial charge in [0.25, 0.3) is 0 Å². The van der Waals surface area contributed by atoms with Crippen molar-refractivity contribution in [2.75, 3.05) is 6.54 Å². The highest BCUT2D eigenvalue weighted by Gasteiger charge is 2.30. The Morgan fingerprint density at radius 1 is 1.09 bits per heavy atom. The van der Waals surface area contributed by atoms with E-state index in [0.717, 1.165) is 34.7 Å². The van der Waals surface area contributed by atoms with Crippen molar-refractivity contribution in [2.24, 2.45) is 0 Å². The zero-order chi connectivity index (χ0) is 16.4. The summed E-state index contributed by atoms with van der Waals surface area (Å²) in [5.41, 5.74) is -0.748. The van der Waals surface area contributed by atoms with Crippen molar-refractivity contribution in [1.82, 2.24) is 5.32 Å². The fourth-order valence-electron chi connectivity index (χ4n) is 2.27. The molecule has 2 aromatic carbocycles. The number of hydrogen-bond donors (Lipinski definition) is 1. The van der Waals surface area contributed by atoms with Gasteiger partial charge in [0.2, 0.25) is 0 Å². The first kappa shape index (κ1) is 15.1. The molecule has 2 aromatic rings. The van der Waals surface area contributed by atoms with Gasteiger partial charge in [-0.25, -0.2) is 4.79 Å². The fraction of sp³-hybridized carbons (Fsp3) is 0.118. The van der Waals surface area contributed by atoms with Crippen LogP contribution in [-0.4, -0.2) is 12.5 Å². The molecule has 3 rings (SSSR count). The van der Waals surface area contributed by atoms with E-state index in [-0.39, 0.29) is 5.56 Å². The van der Waals surface area contributed by atoms with Crippen LogP contribution >= 0.6 is 0 Å². The molecule has 0 bridgehead atoms. The zero-order valence-corrected chi connectivity index (χ0v) is 11.9. The molecule has 1 heterocycles. The van der Waals surface area contributed by atoms with Crippen molar-refractivity contribution < 1.29 is 22.7 Å². The first-order chi connectivity index (χ1) is 10.9. The fourth-order valence-corrected chi connectivity index (χ4v) is 2.27. The Labute approximate surface area is 129 Å². The summed E-state index contributed by atoms with van der Waals surface area (Å²) in [5, 5.41) is 4.69. The van der Waals surface area contributed by atoms with Crippen LogP contribution in [0.4, 0.5) is 13.2 Å². The van der Waals surface area contributed by atoms with Crippen LogP contribution in [0.2, 0.25) is 0 Å². The molecule has 0 aliphatic carbocycles. The summed E-state index contributed by atoms with van der Waals surface area (Å²) in [6.45, 7) is 0.684. The molecule has 23 heavy (non-hydrogen) atoms. The van der Waals surface area contributed by atoms with Gasteiger partial charge in [-0.15, -0.1) is 0 Å². The van der Waals surface area contributed by atoms with Crippen molar-refractivity contribution in [1.29, 1.82) is 0 Å². The van der Waals surface area contributed by atoms with Crippen molar-refractivity contribution in [2.45, 2.75) is 6.18 Å². The number of ether oxygens (including phenoxy) is 1. The summed E-state index contributed by atoms with van der Waals surface area (Å²) in [6, 6.07) is 9.21. The van der Waals surface area contributed by atoms with Crippen LogP contribution in [0, 0.1) is 0 Å². The van der Waals surface area contributed by atoms with E-state index in [2.05, 4.69) is 5.32 Å². The molecule has 0 unspecified atom stereocenters. The maximum absolute atomic E-state index is 12.5. The Kier molecular flexibility index (Phi) is 3.82. The van der Waals surface area contributed by atoms with Gasteiger partial charge in [-0.1, -0.05) is 18.2 Å². The first-order valence-electron chi connectivity index (χ1n) is 6.87. The molecule has 0 aromatic heterocycles. The third kappa shape index (κ3) is 3.21. The molecule has 0 saturated heterocycles. The van der Waals surface area contributed by atoms with Gasteiger partial charge in [0.1, 0.15) is 5.75 Å². The van der Waals surface area contributed by atoms with Crippen LogP contribution in [0.5, 0.6) is 5.75 Å². The Balaban J connectivity index is 1.86. The smallest absolute Gasteiger partial charge is 0.416 e. The van der Waals surface area contributed by atoms with Crippen molar-refractivity contribution >= 4 is 18.2 Å². The van der Waals surface area contributed by atoms with Crippen LogP contribution in [0.25, 0.3) is 12.3 Å². The molecule has 6 heteroatoms. The normalized spacial score (nSPS) is 13.2. The van der Waals surface area contributed by atoms with Gasteiger partial charge in [0, 0.05) is 18.0 Å². The molecule has 0 fully saturated rings. The summed E-state index contributed by atoms with van der Waals surface area (Å²) >= 11 is 0. The summed E-state index contributed by atoms with van der Waals surface area (Å²) in [5.74, 6) is -0.345. The average Bonchev–Trinajstić information content (AvgIpc) is 2.54. The van der Waals surface area contributed by atoms with Gasteiger partial charge in [-0.3, -0.25) is 0 Å². The predicted molar refractivity (Wildman–Crippen MR) is 79.0 cm³/mol. The highest BCUT2D eigenvalue weighted by atomic mass is 19.4. The maximum Gasteiger partial charge on any atom is 0.416 e. The van der Waals surface area contributed by atoms with E-state index >= 15 is 0 Å². The highest BCUT2D eigenvalue weighted by molar-refractivity contribution is 5.91. The Morgan fingerprint density at radius 2 is 1.83 bits per heavy atom. The van der Waals surface area contributed by atoms with Crippen LogP contribution < -0.4 is 20.5 Å². The number of alkyl halides is 3. The summed E-state index contributed by atoms with van der Waals surface area (Å²) in [7, 11) is 0. The Hall–Kier alpha value is -2.76. The van der Waals surface area contributed by atoms with Crippen LogP contribution in [0.3, 0.4) is 0 Å². The predicted octanol–water partition coefficient (Wildman–Crippen LogP) is 2.05. The van der Waals surface area contributed by atoms with E-state index < -0.39 is 17.7 Å². The first-order valence-corrected chi connectivity index (χ1v) is 6.87. The minimum Gasteiger partial charge on any atom is -0.422 e.